The highest BCUT2D eigenvalue weighted by molar-refractivity contribution is 7.94. The molecule has 0 aromatic carbocycles. The minimum atomic E-state index is -3.95. The number of aromatic nitrogens is 1. The Hall–Kier alpha value is -1.50. The van der Waals surface area contributed by atoms with Crippen molar-refractivity contribution in [1.82, 2.24) is 4.98 Å². The number of nitrogens with zero attached hydrogens (tertiary/aromatic N) is 2. The van der Waals surface area contributed by atoms with Crippen molar-refractivity contribution >= 4 is 19.9 Å². The number of aryl methyl sites for hydroxylation is 1. The van der Waals surface area contributed by atoms with Crippen molar-refractivity contribution in [2.45, 2.75) is 11.9 Å². The van der Waals surface area contributed by atoms with Crippen molar-refractivity contribution in [1.29, 1.82) is 5.26 Å². The highest BCUT2D eigenvalue weighted by Crippen LogP contribution is 2.14. The molecule has 1 rings (SSSR count). The molecule has 0 fully saturated rings. The molecule has 0 spiro atoms. The second-order valence-electron chi connectivity index (χ2n) is 3.60. The van der Waals surface area contributed by atoms with Crippen molar-refractivity contribution < 1.29 is 16.8 Å². The van der Waals surface area contributed by atoms with E-state index in [0.717, 1.165) is 0 Å². The maximum atomic E-state index is 11.9. The van der Waals surface area contributed by atoms with Gasteiger partial charge in [-0.3, -0.25) is 0 Å². The number of primary sulfonamides is 1. The van der Waals surface area contributed by atoms with E-state index >= 15 is 0 Å². The van der Waals surface area contributed by atoms with E-state index in [1.165, 1.54) is 12.1 Å². The third-order valence-electron chi connectivity index (χ3n) is 2.05. The molecule has 9 heteroatoms. The molecule has 98 valence electrons. The zero-order valence-corrected chi connectivity index (χ0v) is 11.1. The zero-order chi connectivity index (χ0) is 14.0. The molecule has 0 saturated carbocycles. The number of hydrogen-bond donors (Lipinski definition) is 1. The lowest BCUT2D eigenvalue weighted by Gasteiger charge is -2.05. The average Bonchev–Trinajstić information content (AvgIpc) is 2.26. The molecule has 1 aromatic rings. The predicted octanol–water partition coefficient (Wildman–Crippen LogP) is -0.676. The summed E-state index contributed by atoms with van der Waals surface area (Å²) in [5, 5.41) is 13.1. The first-order valence-corrected chi connectivity index (χ1v) is 8.13. The molecule has 0 aliphatic rings. The first kappa shape index (κ1) is 14.6. The summed E-state index contributed by atoms with van der Waals surface area (Å²) in [7, 11) is -7.84. The first-order valence-electron chi connectivity index (χ1n) is 4.77. The number of nitrogens with two attached hydrogens (primary N) is 1. The fraction of sp³-hybridized carbons (Fsp3) is 0.333. The number of hydrogen-bond acceptors (Lipinski definition) is 6. The van der Waals surface area contributed by atoms with Crippen LogP contribution >= 0.6 is 0 Å². The van der Waals surface area contributed by atoms with Gasteiger partial charge in [0.25, 0.3) is 0 Å². The lowest BCUT2D eigenvalue weighted by molar-refractivity contribution is 0.585. The van der Waals surface area contributed by atoms with Gasteiger partial charge in [0.05, 0.1) is 17.1 Å². The third kappa shape index (κ3) is 3.76. The van der Waals surface area contributed by atoms with Gasteiger partial charge in [0.2, 0.25) is 10.0 Å². The Morgan fingerprint density at radius 1 is 1.28 bits per heavy atom. The van der Waals surface area contributed by atoms with Crippen molar-refractivity contribution in [2.24, 2.45) is 5.14 Å². The molecule has 0 radical (unpaired) electrons. The molecule has 0 atom stereocenters. The van der Waals surface area contributed by atoms with Crippen LogP contribution in [0.5, 0.6) is 0 Å². The Kier molecular flexibility index (Phi) is 4.05. The van der Waals surface area contributed by atoms with Gasteiger partial charge in [-0.2, -0.15) is 5.26 Å². The summed E-state index contributed by atoms with van der Waals surface area (Å²) in [6.45, 7) is 1.57. The van der Waals surface area contributed by atoms with Crippen molar-refractivity contribution in [3.63, 3.8) is 0 Å². The summed E-state index contributed by atoms with van der Waals surface area (Å²) < 4.78 is 45.3. The van der Waals surface area contributed by atoms with E-state index in [1.54, 1.807) is 13.0 Å². The summed E-state index contributed by atoms with van der Waals surface area (Å²) >= 11 is 0. The zero-order valence-electron chi connectivity index (χ0n) is 9.49. The van der Waals surface area contributed by atoms with Crippen LogP contribution in [0.25, 0.3) is 0 Å². The molecule has 0 bridgehead atoms. The van der Waals surface area contributed by atoms with Crippen molar-refractivity contribution in [3.8, 4) is 6.07 Å². The van der Waals surface area contributed by atoms with Crippen LogP contribution in [0.1, 0.15) is 11.3 Å². The molecule has 2 N–H and O–H groups in total. The number of nitriles is 1. The van der Waals surface area contributed by atoms with Gasteiger partial charge in [-0.15, -0.1) is 0 Å². The van der Waals surface area contributed by atoms with Gasteiger partial charge in [0.1, 0.15) is 6.07 Å². The maximum absolute atomic E-state index is 11.9. The predicted molar refractivity (Wildman–Crippen MR) is 63.7 cm³/mol. The number of sulfonamides is 1. The van der Waals surface area contributed by atoms with Crippen LogP contribution in [0.3, 0.4) is 0 Å². The van der Waals surface area contributed by atoms with E-state index in [1.807, 2.05) is 0 Å². The molecule has 0 amide bonds. The molecule has 0 unspecified atom stereocenters. The average molecular weight is 289 g/mol. The molecule has 18 heavy (non-hydrogen) atoms. The second kappa shape index (κ2) is 5.01. The molecule has 1 aromatic heterocycles. The lowest BCUT2D eigenvalue weighted by Crippen LogP contribution is -2.24. The van der Waals surface area contributed by atoms with Gasteiger partial charge in [-0.25, -0.2) is 27.0 Å². The number of pyridine rings is 1. The Labute approximate surface area is 105 Å². The topological polar surface area (TPSA) is 131 Å². The summed E-state index contributed by atoms with van der Waals surface area (Å²) in [5.41, 5.74) is 0.304. The summed E-state index contributed by atoms with van der Waals surface area (Å²) in [4.78, 5) is 3.77. The van der Waals surface area contributed by atoms with Crippen molar-refractivity contribution in [3.05, 3.63) is 23.4 Å². The van der Waals surface area contributed by atoms with Gasteiger partial charge in [0.15, 0.2) is 14.9 Å². The van der Waals surface area contributed by atoms with Gasteiger partial charge in [-0.1, -0.05) is 0 Å². The first-order chi connectivity index (χ1) is 8.15. The van der Waals surface area contributed by atoms with Crippen LogP contribution < -0.4 is 5.14 Å². The van der Waals surface area contributed by atoms with Crippen LogP contribution in [0.2, 0.25) is 0 Å². The molecule has 1 heterocycles. The summed E-state index contributed by atoms with van der Waals surface area (Å²) in [6.07, 6.45) is 0. The second-order valence-corrected chi connectivity index (χ2v) is 7.36. The Bertz CT molecular complexity index is 702. The van der Waals surface area contributed by atoms with Crippen LogP contribution in [-0.4, -0.2) is 33.3 Å². The van der Waals surface area contributed by atoms with E-state index in [-0.39, 0.29) is 5.56 Å². The smallest absolute Gasteiger partial charge is 0.210 e. The maximum Gasteiger partial charge on any atom is 0.210 e. The van der Waals surface area contributed by atoms with E-state index in [2.05, 4.69) is 4.98 Å². The fourth-order valence-corrected chi connectivity index (χ4v) is 3.91. The van der Waals surface area contributed by atoms with E-state index in [0.29, 0.717) is 5.69 Å². The molecular weight excluding hydrogens is 278 g/mol. The van der Waals surface area contributed by atoms with E-state index < -0.39 is 36.4 Å². The molecular formula is C9H11N3O4S2. The molecule has 7 nitrogen and oxygen atoms in total. The van der Waals surface area contributed by atoms with Crippen LogP contribution in [0, 0.1) is 18.3 Å². The third-order valence-corrected chi connectivity index (χ3v) is 4.72. The molecule has 0 aliphatic heterocycles. The Balaban J connectivity index is 3.21. The van der Waals surface area contributed by atoms with Crippen LogP contribution in [-0.2, 0) is 19.9 Å². The van der Waals surface area contributed by atoms with E-state index in [9.17, 15) is 16.8 Å². The minimum Gasteiger partial charge on any atom is -0.240 e. The Morgan fingerprint density at radius 2 is 1.89 bits per heavy atom. The SMILES string of the molecule is Cc1ccc(C#N)c(S(=O)(=O)CCS(N)(=O)=O)n1. The molecule has 0 aliphatic carbocycles. The van der Waals surface area contributed by atoms with Gasteiger partial charge in [-0.05, 0) is 19.1 Å². The number of sulfone groups is 1. The van der Waals surface area contributed by atoms with Crippen molar-refractivity contribution in [2.75, 3.05) is 11.5 Å². The van der Waals surface area contributed by atoms with E-state index in [4.69, 9.17) is 10.4 Å². The highest BCUT2D eigenvalue weighted by Gasteiger charge is 2.22. The van der Waals surface area contributed by atoms with Gasteiger partial charge < -0.3 is 0 Å². The minimum absolute atomic E-state index is 0.116. The standard InChI is InChI=1S/C9H11N3O4S2/c1-7-2-3-8(6-10)9(12-7)17(13,14)4-5-18(11,15)16/h2-3H,4-5H2,1H3,(H2,11,15,16). The monoisotopic (exact) mass is 289 g/mol. The number of rotatable bonds is 4. The lowest BCUT2D eigenvalue weighted by atomic mass is 10.3. The highest BCUT2D eigenvalue weighted by atomic mass is 32.2. The van der Waals surface area contributed by atoms with Gasteiger partial charge in [0, 0.05) is 5.69 Å². The fourth-order valence-electron chi connectivity index (χ4n) is 1.18. The quantitative estimate of drug-likeness (QED) is 0.781. The Morgan fingerprint density at radius 3 is 2.39 bits per heavy atom. The normalized spacial score (nSPS) is 12.1. The van der Waals surface area contributed by atoms with Crippen LogP contribution in [0.4, 0.5) is 0 Å². The van der Waals surface area contributed by atoms with Crippen LogP contribution in [0.15, 0.2) is 17.2 Å². The summed E-state index contributed by atoms with van der Waals surface area (Å²) in [6, 6.07) is 4.53. The van der Waals surface area contributed by atoms with Gasteiger partial charge >= 0.3 is 0 Å². The largest absolute Gasteiger partial charge is 0.240 e. The summed E-state index contributed by atoms with van der Waals surface area (Å²) in [5.74, 6) is -1.41. The molecule has 0 saturated heterocycles.